The van der Waals surface area contributed by atoms with Crippen molar-refractivity contribution in [3.63, 3.8) is 0 Å². The highest BCUT2D eigenvalue weighted by Crippen LogP contribution is 2.38. The van der Waals surface area contributed by atoms with Crippen LogP contribution in [0.1, 0.15) is 20.8 Å². The van der Waals surface area contributed by atoms with E-state index in [1.54, 1.807) is 6.07 Å². The lowest BCUT2D eigenvalue weighted by molar-refractivity contribution is -0.385. The minimum atomic E-state index is -1.97. The van der Waals surface area contributed by atoms with E-state index in [9.17, 15) is 10.1 Å². The third-order valence-electron chi connectivity index (χ3n) is 3.25. The first-order chi connectivity index (χ1) is 8.03. The fraction of sp³-hybridized carbons (Fsp3) is 0.500. The Morgan fingerprint density at radius 3 is 2.28 bits per heavy atom. The molecule has 100 valence electrons. The Morgan fingerprint density at radius 2 is 1.83 bits per heavy atom. The van der Waals surface area contributed by atoms with Crippen LogP contribution in [0, 0.1) is 10.1 Å². The van der Waals surface area contributed by atoms with Crippen LogP contribution in [0.25, 0.3) is 0 Å². The Hall–Kier alpha value is -0.883. The normalized spacial score (nSPS) is 12.3. The molecule has 0 aliphatic rings. The topological polar surface area (TPSA) is 52.4 Å². The molecule has 0 bridgehead atoms. The van der Waals surface area contributed by atoms with Crippen molar-refractivity contribution in [2.45, 2.75) is 38.9 Å². The molecule has 18 heavy (non-hydrogen) atoms. The molecule has 0 aliphatic heterocycles. The van der Waals surface area contributed by atoms with Crippen LogP contribution in [0.4, 0.5) is 5.69 Å². The lowest BCUT2D eigenvalue weighted by atomic mass is 10.2. The molecule has 4 nitrogen and oxygen atoms in total. The number of rotatable bonds is 3. The first-order valence-electron chi connectivity index (χ1n) is 5.67. The van der Waals surface area contributed by atoms with E-state index >= 15 is 0 Å². The predicted molar refractivity (Wildman–Crippen MR) is 78.6 cm³/mol. The molecule has 1 rings (SSSR count). The maximum absolute atomic E-state index is 10.8. The maximum atomic E-state index is 10.8. The molecule has 0 unspecified atom stereocenters. The molecule has 1 aromatic carbocycles. The summed E-state index contributed by atoms with van der Waals surface area (Å²) in [5.74, 6) is 0.558. The standard InChI is InChI=1S/C12H18BrNO3Si/c1-12(2,3)18(4,5)17-11-7-9(13)6-10(8-11)14(15)16/h6-8H,1-5H3. The van der Waals surface area contributed by atoms with Crippen LogP contribution in [0.2, 0.25) is 18.1 Å². The minimum absolute atomic E-state index is 0.0399. The summed E-state index contributed by atoms with van der Waals surface area (Å²) in [7, 11) is -1.97. The summed E-state index contributed by atoms with van der Waals surface area (Å²) in [4.78, 5) is 10.4. The number of nitrogens with zero attached hydrogens (tertiary/aromatic N) is 1. The van der Waals surface area contributed by atoms with Crippen molar-refractivity contribution in [2.24, 2.45) is 0 Å². The molecule has 1 aromatic rings. The highest BCUT2D eigenvalue weighted by atomic mass is 79.9. The first kappa shape index (κ1) is 15.2. The van der Waals surface area contributed by atoms with E-state index < -0.39 is 13.2 Å². The molecule has 0 atom stereocenters. The molecule has 0 spiro atoms. The number of non-ortho nitro benzene ring substituents is 1. The molecule has 0 saturated heterocycles. The van der Waals surface area contributed by atoms with Gasteiger partial charge in [-0.25, -0.2) is 0 Å². The SMILES string of the molecule is CC(C)(C)[Si](C)(C)Oc1cc(Br)cc([N+](=O)[O-])c1. The van der Waals surface area contributed by atoms with Crippen LogP contribution in [0.3, 0.4) is 0 Å². The minimum Gasteiger partial charge on any atom is -0.543 e. The van der Waals surface area contributed by atoms with Crippen LogP contribution in [0.15, 0.2) is 22.7 Å². The summed E-state index contributed by atoms with van der Waals surface area (Å²) < 4.78 is 6.70. The van der Waals surface area contributed by atoms with Gasteiger partial charge >= 0.3 is 0 Å². The van der Waals surface area contributed by atoms with Gasteiger partial charge in [-0.05, 0) is 24.2 Å². The largest absolute Gasteiger partial charge is 0.543 e. The van der Waals surface area contributed by atoms with Gasteiger partial charge < -0.3 is 4.43 Å². The molecule has 0 fully saturated rings. The van der Waals surface area contributed by atoms with Crippen LogP contribution in [-0.4, -0.2) is 13.2 Å². The first-order valence-corrected chi connectivity index (χ1v) is 9.37. The Bertz CT molecular complexity index is 469. The van der Waals surface area contributed by atoms with Crippen molar-refractivity contribution >= 4 is 29.9 Å². The van der Waals surface area contributed by atoms with Gasteiger partial charge in [0.05, 0.1) is 11.0 Å². The van der Waals surface area contributed by atoms with E-state index in [1.165, 1.54) is 12.1 Å². The molecule has 0 aromatic heterocycles. The van der Waals surface area contributed by atoms with Crippen molar-refractivity contribution in [1.29, 1.82) is 0 Å². The summed E-state index contributed by atoms with van der Waals surface area (Å²) >= 11 is 3.27. The van der Waals surface area contributed by atoms with E-state index in [-0.39, 0.29) is 10.7 Å². The molecular weight excluding hydrogens is 314 g/mol. The number of hydrogen-bond acceptors (Lipinski definition) is 3. The van der Waals surface area contributed by atoms with Gasteiger partial charge in [-0.2, -0.15) is 0 Å². The molecule has 0 saturated carbocycles. The Kier molecular flexibility index (Phi) is 4.22. The molecule has 6 heteroatoms. The van der Waals surface area contributed by atoms with Gasteiger partial charge in [-0.1, -0.05) is 36.7 Å². The summed E-state index contributed by atoms with van der Waals surface area (Å²) in [6.45, 7) is 10.6. The highest BCUT2D eigenvalue weighted by molar-refractivity contribution is 9.10. The monoisotopic (exact) mass is 331 g/mol. The summed E-state index contributed by atoms with van der Waals surface area (Å²) in [6.07, 6.45) is 0. The summed E-state index contributed by atoms with van der Waals surface area (Å²) in [5.41, 5.74) is 0.0399. The number of nitro groups is 1. The molecule has 0 amide bonds. The summed E-state index contributed by atoms with van der Waals surface area (Å²) in [5, 5.41) is 10.9. The third-order valence-corrected chi connectivity index (χ3v) is 8.06. The van der Waals surface area contributed by atoms with Gasteiger partial charge in [-0.15, -0.1) is 0 Å². The van der Waals surface area contributed by atoms with Crippen LogP contribution >= 0.6 is 15.9 Å². The smallest absolute Gasteiger partial charge is 0.274 e. The lowest BCUT2D eigenvalue weighted by Crippen LogP contribution is -2.43. The Labute approximate surface area is 117 Å². The van der Waals surface area contributed by atoms with Crippen LogP contribution in [-0.2, 0) is 0 Å². The van der Waals surface area contributed by atoms with Crippen LogP contribution < -0.4 is 4.43 Å². The number of benzene rings is 1. The molecule has 0 N–H and O–H groups in total. The number of halogens is 1. The van der Waals surface area contributed by atoms with Gasteiger partial charge in [0.15, 0.2) is 0 Å². The van der Waals surface area contributed by atoms with E-state index in [4.69, 9.17) is 4.43 Å². The Morgan fingerprint density at radius 1 is 1.28 bits per heavy atom. The quantitative estimate of drug-likeness (QED) is 0.456. The maximum Gasteiger partial charge on any atom is 0.274 e. The van der Waals surface area contributed by atoms with Gasteiger partial charge in [0, 0.05) is 10.5 Å². The molecular formula is C12H18BrNO3Si. The van der Waals surface area contributed by atoms with Crippen molar-refractivity contribution in [3.05, 3.63) is 32.8 Å². The fourth-order valence-corrected chi connectivity index (χ4v) is 2.63. The predicted octanol–water partition coefficient (Wildman–Crippen LogP) is 4.74. The van der Waals surface area contributed by atoms with Gasteiger partial charge in [0.1, 0.15) is 5.75 Å². The second-order valence-corrected chi connectivity index (χ2v) is 11.4. The van der Waals surface area contributed by atoms with E-state index in [0.29, 0.717) is 10.2 Å². The molecule has 0 radical (unpaired) electrons. The zero-order valence-corrected chi connectivity index (χ0v) is 13.9. The number of nitro benzene ring substituents is 1. The Balaban J connectivity index is 3.09. The van der Waals surface area contributed by atoms with Crippen molar-refractivity contribution in [1.82, 2.24) is 0 Å². The third kappa shape index (κ3) is 3.55. The van der Waals surface area contributed by atoms with Gasteiger partial charge in [0.2, 0.25) is 8.32 Å². The van der Waals surface area contributed by atoms with Crippen molar-refractivity contribution in [2.75, 3.05) is 0 Å². The van der Waals surface area contributed by atoms with Crippen molar-refractivity contribution in [3.8, 4) is 5.75 Å². The highest BCUT2D eigenvalue weighted by Gasteiger charge is 2.39. The second kappa shape index (κ2) is 5.01. The lowest BCUT2D eigenvalue weighted by Gasteiger charge is -2.36. The van der Waals surface area contributed by atoms with Crippen molar-refractivity contribution < 1.29 is 9.35 Å². The second-order valence-electron chi connectivity index (χ2n) is 5.76. The summed E-state index contributed by atoms with van der Waals surface area (Å²) in [6, 6.07) is 4.72. The average molecular weight is 332 g/mol. The number of hydrogen-bond donors (Lipinski definition) is 0. The fourth-order valence-electron chi connectivity index (χ4n) is 1.16. The zero-order chi connectivity index (χ0) is 14.1. The van der Waals surface area contributed by atoms with E-state index in [1.807, 2.05) is 0 Å². The zero-order valence-electron chi connectivity index (χ0n) is 11.3. The molecule has 0 aliphatic carbocycles. The van der Waals surface area contributed by atoms with Crippen LogP contribution in [0.5, 0.6) is 5.75 Å². The molecule has 0 heterocycles. The van der Waals surface area contributed by atoms with Gasteiger partial charge in [-0.3, -0.25) is 10.1 Å². The van der Waals surface area contributed by atoms with Gasteiger partial charge in [0.25, 0.3) is 5.69 Å². The van der Waals surface area contributed by atoms with E-state index in [2.05, 4.69) is 49.8 Å². The van der Waals surface area contributed by atoms with E-state index in [0.717, 1.165) is 0 Å². The average Bonchev–Trinajstić information content (AvgIpc) is 2.13.